The Morgan fingerprint density at radius 2 is 1.95 bits per heavy atom. The summed E-state index contributed by atoms with van der Waals surface area (Å²) in [7, 11) is 0. The number of carboxylic acid groups (broad SMARTS) is 1. The van der Waals surface area contributed by atoms with E-state index in [1.807, 2.05) is 6.92 Å². The summed E-state index contributed by atoms with van der Waals surface area (Å²) >= 11 is 0. The minimum Gasteiger partial charge on any atom is -0.481 e. The van der Waals surface area contributed by atoms with Crippen LogP contribution in [0.4, 0.5) is 4.79 Å². The topological polar surface area (TPSA) is 87.7 Å². The van der Waals surface area contributed by atoms with Gasteiger partial charge in [0.25, 0.3) is 0 Å². The van der Waals surface area contributed by atoms with E-state index in [0.717, 1.165) is 32.5 Å². The van der Waals surface area contributed by atoms with Crippen LogP contribution in [-0.4, -0.2) is 43.4 Å². The number of ether oxygens (including phenoxy) is 1. The molecule has 0 spiro atoms. The molecule has 1 aliphatic carbocycles. The fraction of sp³-hybridized carbons (Fsp3) is 0.857. The standard InChI is InChI=1S/C14H26N2O4/c1-2-20-10-8-14(6-3-4-7-14)11-16-13(19)15-9-5-12(17)18/h2-11H2,1H3,(H,17,18)(H2,15,16,19). The van der Waals surface area contributed by atoms with E-state index in [1.165, 1.54) is 12.8 Å². The Morgan fingerprint density at radius 3 is 2.55 bits per heavy atom. The number of nitrogens with one attached hydrogen (secondary N) is 2. The van der Waals surface area contributed by atoms with Crippen LogP contribution in [-0.2, 0) is 9.53 Å². The van der Waals surface area contributed by atoms with Crippen molar-refractivity contribution >= 4 is 12.0 Å². The molecule has 1 fully saturated rings. The number of carboxylic acids is 1. The lowest BCUT2D eigenvalue weighted by atomic mass is 9.83. The highest BCUT2D eigenvalue weighted by molar-refractivity contribution is 5.75. The van der Waals surface area contributed by atoms with Crippen LogP contribution in [0.5, 0.6) is 0 Å². The molecule has 0 saturated heterocycles. The maximum Gasteiger partial charge on any atom is 0.314 e. The normalized spacial score (nSPS) is 16.9. The molecule has 1 rings (SSSR count). The third-order valence-corrected chi connectivity index (χ3v) is 3.89. The van der Waals surface area contributed by atoms with E-state index in [9.17, 15) is 9.59 Å². The molecular weight excluding hydrogens is 260 g/mol. The Bertz CT molecular complexity index is 314. The Labute approximate surface area is 120 Å². The largest absolute Gasteiger partial charge is 0.481 e. The predicted molar refractivity (Wildman–Crippen MR) is 75.7 cm³/mol. The summed E-state index contributed by atoms with van der Waals surface area (Å²) in [6, 6.07) is -0.283. The zero-order valence-electron chi connectivity index (χ0n) is 12.2. The number of urea groups is 1. The second-order valence-corrected chi connectivity index (χ2v) is 5.41. The van der Waals surface area contributed by atoms with Gasteiger partial charge in [0, 0.05) is 26.3 Å². The lowest BCUT2D eigenvalue weighted by Crippen LogP contribution is -2.42. The molecular formula is C14H26N2O4. The van der Waals surface area contributed by atoms with Gasteiger partial charge in [-0.2, -0.15) is 0 Å². The van der Waals surface area contributed by atoms with Gasteiger partial charge >= 0.3 is 12.0 Å². The molecule has 0 heterocycles. The van der Waals surface area contributed by atoms with Gasteiger partial charge in [0.05, 0.1) is 6.42 Å². The SMILES string of the molecule is CCOCCC1(CNC(=O)NCCC(=O)O)CCCC1. The van der Waals surface area contributed by atoms with E-state index in [-0.39, 0.29) is 24.4 Å². The van der Waals surface area contributed by atoms with E-state index in [2.05, 4.69) is 10.6 Å². The highest BCUT2D eigenvalue weighted by Gasteiger charge is 2.33. The summed E-state index contributed by atoms with van der Waals surface area (Å²) in [6.45, 7) is 4.24. The number of amides is 2. The van der Waals surface area contributed by atoms with Crippen LogP contribution < -0.4 is 10.6 Å². The van der Waals surface area contributed by atoms with Crippen molar-refractivity contribution in [2.24, 2.45) is 5.41 Å². The van der Waals surface area contributed by atoms with E-state index >= 15 is 0 Å². The van der Waals surface area contributed by atoms with Crippen molar-refractivity contribution in [3.05, 3.63) is 0 Å². The fourth-order valence-corrected chi connectivity index (χ4v) is 2.69. The highest BCUT2D eigenvalue weighted by Crippen LogP contribution is 2.40. The van der Waals surface area contributed by atoms with Crippen molar-refractivity contribution in [2.45, 2.75) is 45.4 Å². The smallest absolute Gasteiger partial charge is 0.314 e. The average Bonchev–Trinajstić information content (AvgIpc) is 2.86. The van der Waals surface area contributed by atoms with Gasteiger partial charge in [-0.3, -0.25) is 4.79 Å². The van der Waals surface area contributed by atoms with Crippen molar-refractivity contribution in [1.29, 1.82) is 0 Å². The fourth-order valence-electron chi connectivity index (χ4n) is 2.69. The average molecular weight is 286 g/mol. The van der Waals surface area contributed by atoms with Crippen LogP contribution in [0.1, 0.15) is 45.4 Å². The third-order valence-electron chi connectivity index (χ3n) is 3.89. The summed E-state index contributed by atoms with van der Waals surface area (Å²) in [4.78, 5) is 22.0. The van der Waals surface area contributed by atoms with Crippen molar-refractivity contribution in [1.82, 2.24) is 10.6 Å². The maximum atomic E-state index is 11.6. The van der Waals surface area contributed by atoms with Gasteiger partial charge in [0.2, 0.25) is 0 Å². The van der Waals surface area contributed by atoms with Crippen LogP contribution in [0.25, 0.3) is 0 Å². The first-order valence-corrected chi connectivity index (χ1v) is 7.39. The van der Waals surface area contributed by atoms with E-state index in [4.69, 9.17) is 9.84 Å². The summed E-state index contributed by atoms with van der Waals surface area (Å²) in [5.41, 5.74) is 0.152. The van der Waals surface area contributed by atoms with Crippen LogP contribution in [0.3, 0.4) is 0 Å². The van der Waals surface area contributed by atoms with Crippen LogP contribution >= 0.6 is 0 Å². The lowest BCUT2D eigenvalue weighted by molar-refractivity contribution is -0.136. The van der Waals surface area contributed by atoms with Gasteiger partial charge in [0.15, 0.2) is 0 Å². The van der Waals surface area contributed by atoms with Crippen LogP contribution in [0.15, 0.2) is 0 Å². The van der Waals surface area contributed by atoms with Crippen molar-refractivity contribution < 1.29 is 19.4 Å². The number of aliphatic carboxylic acids is 1. The van der Waals surface area contributed by atoms with Gasteiger partial charge in [-0.15, -0.1) is 0 Å². The molecule has 1 aliphatic rings. The van der Waals surface area contributed by atoms with Crippen LogP contribution in [0, 0.1) is 5.41 Å². The molecule has 0 aromatic rings. The molecule has 0 aliphatic heterocycles. The number of hydrogen-bond donors (Lipinski definition) is 3. The molecule has 1 saturated carbocycles. The Hall–Kier alpha value is -1.30. The summed E-state index contributed by atoms with van der Waals surface area (Å²) in [5.74, 6) is -0.908. The molecule has 2 amide bonds. The quantitative estimate of drug-likeness (QED) is 0.563. The van der Waals surface area contributed by atoms with Gasteiger partial charge in [-0.25, -0.2) is 4.79 Å². The highest BCUT2D eigenvalue weighted by atomic mass is 16.5. The van der Waals surface area contributed by atoms with Gasteiger partial charge in [-0.1, -0.05) is 12.8 Å². The van der Waals surface area contributed by atoms with Crippen molar-refractivity contribution in [3.63, 3.8) is 0 Å². The second kappa shape index (κ2) is 8.79. The molecule has 3 N–H and O–H groups in total. The van der Waals surface area contributed by atoms with E-state index in [1.54, 1.807) is 0 Å². The first-order valence-electron chi connectivity index (χ1n) is 7.39. The summed E-state index contributed by atoms with van der Waals surface area (Å²) in [5, 5.41) is 13.9. The molecule has 6 nitrogen and oxygen atoms in total. The molecule has 0 atom stereocenters. The zero-order valence-corrected chi connectivity index (χ0v) is 12.2. The third kappa shape index (κ3) is 6.23. The number of rotatable bonds is 9. The van der Waals surface area contributed by atoms with Gasteiger partial charge in [-0.05, 0) is 31.6 Å². The first-order chi connectivity index (χ1) is 9.58. The van der Waals surface area contributed by atoms with Crippen molar-refractivity contribution in [2.75, 3.05) is 26.3 Å². The molecule has 0 unspecified atom stereocenters. The van der Waals surface area contributed by atoms with E-state index < -0.39 is 5.97 Å². The molecule has 0 bridgehead atoms. The minimum absolute atomic E-state index is 0.0527. The molecule has 0 aromatic heterocycles. The lowest BCUT2D eigenvalue weighted by Gasteiger charge is -2.29. The maximum absolute atomic E-state index is 11.6. The summed E-state index contributed by atoms with van der Waals surface area (Å²) in [6.07, 6.45) is 5.56. The predicted octanol–water partition coefficient (Wildman–Crippen LogP) is 1.75. The molecule has 0 radical (unpaired) electrons. The number of carbonyl (C=O) groups is 2. The Kier molecular flexibility index (Phi) is 7.36. The molecule has 116 valence electrons. The molecule has 20 heavy (non-hydrogen) atoms. The molecule has 6 heteroatoms. The minimum atomic E-state index is -0.908. The zero-order chi connectivity index (χ0) is 14.8. The first kappa shape index (κ1) is 16.8. The number of carbonyl (C=O) groups excluding carboxylic acids is 1. The Balaban J connectivity index is 2.27. The van der Waals surface area contributed by atoms with E-state index in [0.29, 0.717) is 6.54 Å². The molecule has 0 aromatic carbocycles. The number of hydrogen-bond acceptors (Lipinski definition) is 3. The van der Waals surface area contributed by atoms with Gasteiger partial charge < -0.3 is 20.5 Å². The van der Waals surface area contributed by atoms with Crippen molar-refractivity contribution in [3.8, 4) is 0 Å². The monoisotopic (exact) mass is 286 g/mol. The Morgan fingerprint density at radius 1 is 1.25 bits per heavy atom. The van der Waals surface area contributed by atoms with Crippen LogP contribution in [0.2, 0.25) is 0 Å². The summed E-state index contributed by atoms with van der Waals surface area (Å²) < 4.78 is 5.42. The second-order valence-electron chi connectivity index (χ2n) is 5.41. The van der Waals surface area contributed by atoms with Gasteiger partial charge in [0.1, 0.15) is 0 Å².